The van der Waals surface area contributed by atoms with Crippen LogP contribution in [0, 0.1) is 5.92 Å². The van der Waals surface area contributed by atoms with Gasteiger partial charge in [-0.25, -0.2) is 8.42 Å². The quantitative estimate of drug-likeness (QED) is 0.716. The van der Waals surface area contributed by atoms with Gasteiger partial charge in [0.15, 0.2) is 0 Å². The molecule has 1 fully saturated rings. The molecule has 0 saturated carbocycles. The van der Waals surface area contributed by atoms with Crippen molar-refractivity contribution in [2.24, 2.45) is 5.92 Å². The zero-order valence-corrected chi connectivity index (χ0v) is 15.7. The van der Waals surface area contributed by atoms with Gasteiger partial charge in [-0.05, 0) is 25.8 Å². The Kier molecular flexibility index (Phi) is 6.36. The van der Waals surface area contributed by atoms with Crippen LogP contribution in [-0.2, 0) is 19.6 Å². The molecule has 0 radical (unpaired) electrons. The molecule has 0 aromatic heterocycles. The van der Waals surface area contributed by atoms with Crippen molar-refractivity contribution >= 4 is 39.2 Å². The van der Waals surface area contributed by atoms with Gasteiger partial charge < -0.3 is 9.47 Å². The minimum Gasteiger partial charge on any atom is -0.495 e. The number of hydrogen-bond donors (Lipinski definition) is 0. The van der Waals surface area contributed by atoms with Crippen molar-refractivity contribution in [2.75, 3.05) is 26.8 Å². The number of nitrogens with zero attached hydrogens (tertiary/aromatic N) is 1. The van der Waals surface area contributed by atoms with Gasteiger partial charge >= 0.3 is 5.97 Å². The maximum absolute atomic E-state index is 12.9. The first-order valence-corrected chi connectivity index (χ1v) is 9.70. The second-order valence-corrected chi connectivity index (χ2v) is 8.09. The number of rotatable bonds is 5. The third-order valence-electron chi connectivity index (χ3n) is 3.83. The van der Waals surface area contributed by atoms with Gasteiger partial charge in [-0.2, -0.15) is 4.31 Å². The molecule has 134 valence electrons. The van der Waals surface area contributed by atoms with E-state index in [9.17, 15) is 13.2 Å². The molecule has 1 atom stereocenters. The van der Waals surface area contributed by atoms with Gasteiger partial charge in [0.25, 0.3) is 0 Å². The zero-order chi connectivity index (χ0) is 17.9. The van der Waals surface area contributed by atoms with E-state index in [1.165, 1.54) is 23.5 Å². The van der Waals surface area contributed by atoms with Crippen LogP contribution in [0.1, 0.15) is 19.8 Å². The minimum atomic E-state index is -3.87. The summed E-state index contributed by atoms with van der Waals surface area (Å²) in [6.45, 7) is 2.37. The van der Waals surface area contributed by atoms with Crippen LogP contribution in [-0.4, -0.2) is 45.5 Å². The highest BCUT2D eigenvalue weighted by Crippen LogP contribution is 2.35. The number of methoxy groups -OCH3 is 1. The number of halogens is 2. The first-order valence-electron chi connectivity index (χ1n) is 7.51. The van der Waals surface area contributed by atoms with E-state index in [1.54, 1.807) is 6.92 Å². The summed E-state index contributed by atoms with van der Waals surface area (Å²) in [5, 5.41) is 0.175. The smallest absolute Gasteiger partial charge is 0.310 e. The van der Waals surface area contributed by atoms with E-state index in [-0.39, 0.29) is 34.1 Å². The molecule has 0 N–H and O–H groups in total. The largest absolute Gasteiger partial charge is 0.495 e. The van der Waals surface area contributed by atoms with E-state index in [1.807, 2.05) is 0 Å². The summed E-state index contributed by atoms with van der Waals surface area (Å²) in [6.07, 6.45) is 1.17. The Morgan fingerprint density at radius 2 is 2.04 bits per heavy atom. The summed E-state index contributed by atoms with van der Waals surface area (Å²) >= 11 is 12.1. The first-order chi connectivity index (χ1) is 11.3. The number of ether oxygens (including phenoxy) is 2. The van der Waals surface area contributed by atoms with Crippen molar-refractivity contribution in [1.29, 1.82) is 0 Å². The Bertz CT molecular complexity index is 723. The average Bonchev–Trinajstić information content (AvgIpc) is 2.56. The summed E-state index contributed by atoms with van der Waals surface area (Å²) in [4.78, 5) is 11.8. The van der Waals surface area contributed by atoms with E-state index in [2.05, 4.69) is 0 Å². The van der Waals surface area contributed by atoms with Crippen LogP contribution >= 0.6 is 23.2 Å². The van der Waals surface area contributed by atoms with Crippen molar-refractivity contribution in [3.05, 3.63) is 22.2 Å². The third-order valence-corrected chi connectivity index (χ3v) is 6.45. The summed E-state index contributed by atoms with van der Waals surface area (Å²) in [5.41, 5.74) is 0. The maximum Gasteiger partial charge on any atom is 0.310 e. The number of hydrogen-bond acceptors (Lipinski definition) is 5. The number of carbonyl (C=O) groups excluding carboxylic acids is 1. The summed E-state index contributed by atoms with van der Waals surface area (Å²) in [6, 6.07) is 2.63. The van der Waals surface area contributed by atoms with Crippen LogP contribution in [0.5, 0.6) is 5.75 Å². The fourth-order valence-electron chi connectivity index (χ4n) is 2.62. The Labute approximate surface area is 151 Å². The Morgan fingerprint density at radius 1 is 1.33 bits per heavy atom. The highest BCUT2D eigenvalue weighted by atomic mass is 35.5. The molecule has 0 unspecified atom stereocenters. The summed E-state index contributed by atoms with van der Waals surface area (Å²) in [5.74, 6) is -0.555. The van der Waals surface area contributed by atoms with Gasteiger partial charge in [-0.1, -0.05) is 23.2 Å². The van der Waals surface area contributed by atoms with Crippen LogP contribution in [0.4, 0.5) is 0 Å². The number of esters is 1. The van der Waals surface area contributed by atoms with Crippen molar-refractivity contribution < 1.29 is 22.7 Å². The van der Waals surface area contributed by atoms with E-state index < -0.39 is 15.9 Å². The molecule has 9 heteroatoms. The van der Waals surface area contributed by atoms with Crippen molar-refractivity contribution in [3.8, 4) is 5.75 Å². The SMILES string of the molecule is CCOC(=O)[C@H]1CCCN(S(=O)(=O)c2cc(Cl)c(OC)cc2Cl)C1. The molecule has 1 aromatic rings. The Balaban J connectivity index is 2.30. The van der Waals surface area contributed by atoms with Gasteiger partial charge in [0.2, 0.25) is 10.0 Å². The van der Waals surface area contributed by atoms with Crippen LogP contribution in [0.25, 0.3) is 0 Å². The lowest BCUT2D eigenvalue weighted by Gasteiger charge is -2.31. The predicted octanol–water partition coefficient (Wildman–Crippen LogP) is 2.97. The normalized spacial score (nSPS) is 19.1. The van der Waals surface area contributed by atoms with E-state index in [0.717, 1.165) is 0 Å². The van der Waals surface area contributed by atoms with Crippen LogP contribution in [0.2, 0.25) is 10.0 Å². The lowest BCUT2D eigenvalue weighted by molar-refractivity contribution is -0.149. The number of sulfonamides is 1. The molecule has 1 aliphatic rings. The fourth-order valence-corrected chi connectivity index (χ4v) is 4.96. The van der Waals surface area contributed by atoms with Gasteiger partial charge in [-0.3, -0.25) is 4.79 Å². The summed E-state index contributed by atoms with van der Waals surface area (Å²) in [7, 11) is -2.45. The molecule has 6 nitrogen and oxygen atoms in total. The second-order valence-electron chi connectivity index (χ2n) is 5.37. The van der Waals surface area contributed by atoms with Crippen molar-refractivity contribution in [3.63, 3.8) is 0 Å². The molecule has 0 aliphatic carbocycles. The van der Waals surface area contributed by atoms with Crippen molar-refractivity contribution in [1.82, 2.24) is 4.31 Å². The Hall–Kier alpha value is -1.02. The van der Waals surface area contributed by atoms with Gasteiger partial charge in [0, 0.05) is 19.2 Å². The van der Waals surface area contributed by atoms with Crippen LogP contribution < -0.4 is 4.74 Å². The van der Waals surface area contributed by atoms with Gasteiger partial charge in [-0.15, -0.1) is 0 Å². The standard InChI is InChI=1S/C15H19Cl2NO5S/c1-3-23-15(19)10-5-4-6-18(9-10)24(20,21)14-8-11(16)13(22-2)7-12(14)17/h7-8,10H,3-6,9H2,1-2H3/t10-/m0/s1. The monoisotopic (exact) mass is 395 g/mol. The molecule has 24 heavy (non-hydrogen) atoms. The second kappa shape index (κ2) is 7.91. The van der Waals surface area contributed by atoms with E-state index >= 15 is 0 Å². The number of piperidine rings is 1. The molecule has 0 spiro atoms. The Morgan fingerprint density at radius 3 is 2.67 bits per heavy atom. The molecular weight excluding hydrogens is 377 g/mol. The van der Waals surface area contributed by atoms with Gasteiger partial charge in [0.05, 0.1) is 29.7 Å². The molecule has 0 bridgehead atoms. The topological polar surface area (TPSA) is 72.9 Å². The molecule has 0 amide bonds. The number of benzene rings is 1. The van der Waals surface area contributed by atoms with Crippen LogP contribution in [0.3, 0.4) is 0 Å². The lowest BCUT2D eigenvalue weighted by atomic mass is 10.0. The molecule has 1 aliphatic heterocycles. The predicted molar refractivity (Wildman–Crippen MR) is 91.1 cm³/mol. The number of carbonyl (C=O) groups is 1. The van der Waals surface area contributed by atoms with E-state index in [0.29, 0.717) is 25.1 Å². The zero-order valence-electron chi connectivity index (χ0n) is 13.4. The molecule has 1 heterocycles. The lowest BCUT2D eigenvalue weighted by Crippen LogP contribution is -2.42. The average molecular weight is 396 g/mol. The van der Waals surface area contributed by atoms with Crippen LogP contribution in [0.15, 0.2) is 17.0 Å². The highest BCUT2D eigenvalue weighted by Gasteiger charge is 2.35. The van der Waals surface area contributed by atoms with E-state index in [4.69, 9.17) is 32.7 Å². The third kappa shape index (κ3) is 3.96. The minimum absolute atomic E-state index is 0.0227. The van der Waals surface area contributed by atoms with Crippen molar-refractivity contribution in [2.45, 2.75) is 24.7 Å². The van der Waals surface area contributed by atoms with Gasteiger partial charge in [0.1, 0.15) is 10.6 Å². The molecule has 1 aromatic carbocycles. The molecule has 1 saturated heterocycles. The molecular formula is C15H19Cl2NO5S. The molecule has 2 rings (SSSR count). The highest BCUT2D eigenvalue weighted by molar-refractivity contribution is 7.89. The summed E-state index contributed by atoms with van der Waals surface area (Å²) < 4.78 is 37.0. The maximum atomic E-state index is 12.9. The fraction of sp³-hybridized carbons (Fsp3) is 0.533. The first kappa shape index (κ1) is 19.3.